The molecule has 0 saturated heterocycles. The number of carbonyl (C=O) groups excluding carboxylic acids is 1. The smallest absolute Gasteiger partial charge is 0.247 e. The third-order valence-corrected chi connectivity index (χ3v) is 2.44. The standard InChI is InChI=1S/C13H18N2O2/c1-3-13(17)14-11-5-7-12(8-6-11)15(4-2)9-10-16/h3,5-8,16H,1,4,9-10H2,2H3,(H,14,17). The van der Waals surface area contributed by atoms with E-state index in [2.05, 4.69) is 16.8 Å². The third kappa shape index (κ3) is 3.92. The van der Waals surface area contributed by atoms with Crippen molar-refractivity contribution in [2.75, 3.05) is 29.9 Å². The third-order valence-electron chi connectivity index (χ3n) is 2.44. The van der Waals surface area contributed by atoms with Gasteiger partial charge in [0, 0.05) is 24.5 Å². The lowest BCUT2D eigenvalue weighted by atomic mass is 10.2. The monoisotopic (exact) mass is 234 g/mol. The molecule has 92 valence electrons. The molecule has 1 amide bonds. The Morgan fingerprint density at radius 3 is 2.59 bits per heavy atom. The predicted octanol–water partition coefficient (Wildman–Crippen LogP) is 1.63. The van der Waals surface area contributed by atoms with Gasteiger partial charge in [0.15, 0.2) is 0 Å². The molecule has 0 spiro atoms. The minimum Gasteiger partial charge on any atom is -0.395 e. The second-order valence-corrected chi connectivity index (χ2v) is 3.54. The van der Waals surface area contributed by atoms with Gasteiger partial charge in [-0.15, -0.1) is 0 Å². The molecular weight excluding hydrogens is 216 g/mol. The van der Waals surface area contributed by atoms with Crippen LogP contribution in [0.4, 0.5) is 11.4 Å². The summed E-state index contributed by atoms with van der Waals surface area (Å²) in [6, 6.07) is 7.49. The van der Waals surface area contributed by atoms with Gasteiger partial charge in [-0.3, -0.25) is 4.79 Å². The van der Waals surface area contributed by atoms with Gasteiger partial charge in [-0.25, -0.2) is 0 Å². The van der Waals surface area contributed by atoms with Crippen LogP contribution >= 0.6 is 0 Å². The Morgan fingerprint density at radius 2 is 2.12 bits per heavy atom. The Balaban J connectivity index is 2.72. The van der Waals surface area contributed by atoms with Crippen molar-refractivity contribution < 1.29 is 9.90 Å². The molecule has 4 heteroatoms. The van der Waals surface area contributed by atoms with Gasteiger partial charge in [0.2, 0.25) is 5.91 Å². The highest BCUT2D eigenvalue weighted by Crippen LogP contribution is 2.17. The van der Waals surface area contributed by atoms with Gasteiger partial charge in [0.05, 0.1) is 6.61 Å². The number of nitrogens with zero attached hydrogens (tertiary/aromatic N) is 1. The number of amides is 1. The van der Waals surface area contributed by atoms with E-state index in [1.54, 1.807) is 0 Å². The Kier molecular flexibility index (Phi) is 5.23. The maximum absolute atomic E-state index is 11.1. The van der Waals surface area contributed by atoms with Crippen LogP contribution in [0.15, 0.2) is 36.9 Å². The zero-order chi connectivity index (χ0) is 12.7. The molecule has 2 N–H and O–H groups in total. The normalized spacial score (nSPS) is 9.76. The van der Waals surface area contributed by atoms with Crippen LogP contribution in [0.25, 0.3) is 0 Å². The molecule has 1 aromatic carbocycles. The summed E-state index contributed by atoms with van der Waals surface area (Å²) in [4.78, 5) is 13.1. The van der Waals surface area contributed by atoms with Gasteiger partial charge in [-0.2, -0.15) is 0 Å². The van der Waals surface area contributed by atoms with Gasteiger partial charge in [0.1, 0.15) is 0 Å². The van der Waals surface area contributed by atoms with Crippen molar-refractivity contribution in [1.29, 1.82) is 0 Å². The first-order valence-electron chi connectivity index (χ1n) is 5.60. The Hall–Kier alpha value is -1.81. The average Bonchev–Trinajstić information content (AvgIpc) is 2.37. The fourth-order valence-corrected chi connectivity index (χ4v) is 1.54. The van der Waals surface area contributed by atoms with Gasteiger partial charge < -0.3 is 15.3 Å². The van der Waals surface area contributed by atoms with Crippen molar-refractivity contribution >= 4 is 17.3 Å². The van der Waals surface area contributed by atoms with E-state index in [9.17, 15) is 4.79 Å². The molecule has 0 bridgehead atoms. The number of hydrogen-bond donors (Lipinski definition) is 2. The molecule has 0 aromatic heterocycles. The molecule has 4 nitrogen and oxygen atoms in total. The van der Waals surface area contributed by atoms with Crippen molar-refractivity contribution in [3.63, 3.8) is 0 Å². The van der Waals surface area contributed by atoms with E-state index in [0.29, 0.717) is 6.54 Å². The predicted molar refractivity (Wildman–Crippen MR) is 70.2 cm³/mol. The Labute approximate surface area is 102 Å². The van der Waals surface area contributed by atoms with Gasteiger partial charge in [-0.1, -0.05) is 6.58 Å². The minimum atomic E-state index is -0.222. The summed E-state index contributed by atoms with van der Waals surface area (Å²) >= 11 is 0. The number of aliphatic hydroxyl groups excluding tert-OH is 1. The lowest BCUT2D eigenvalue weighted by molar-refractivity contribution is -0.111. The molecule has 1 rings (SSSR count). The number of rotatable bonds is 6. The summed E-state index contributed by atoms with van der Waals surface area (Å²) in [5.74, 6) is -0.222. The number of hydrogen-bond acceptors (Lipinski definition) is 3. The highest BCUT2D eigenvalue weighted by molar-refractivity contribution is 5.98. The second kappa shape index (κ2) is 6.70. The van der Waals surface area contributed by atoms with Crippen molar-refractivity contribution in [1.82, 2.24) is 0 Å². The SMILES string of the molecule is C=CC(=O)Nc1ccc(N(CC)CCO)cc1. The number of aliphatic hydroxyl groups is 1. The molecule has 0 aliphatic carbocycles. The summed E-state index contributed by atoms with van der Waals surface area (Å²) in [5.41, 5.74) is 1.76. The van der Waals surface area contributed by atoms with E-state index in [1.165, 1.54) is 6.08 Å². The van der Waals surface area contributed by atoms with Crippen molar-refractivity contribution in [2.24, 2.45) is 0 Å². The fraction of sp³-hybridized carbons (Fsp3) is 0.308. The maximum Gasteiger partial charge on any atom is 0.247 e. The van der Waals surface area contributed by atoms with Crippen LogP contribution in [0.5, 0.6) is 0 Å². The summed E-state index contributed by atoms with van der Waals surface area (Å²) in [5, 5.41) is 11.6. The molecule has 17 heavy (non-hydrogen) atoms. The van der Waals surface area contributed by atoms with E-state index in [-0.39, 0.29) is 12.5 Å². The highest BCUT2D eigenvalue weighted by atomic mass is 16.3. The molecule has 1 aromatic rings. The average molecular weight is 234 g/mol. The van der Waals surface area contributed by atoms with Crippen molar-refractivity contribution in [3.8, 4) is 0 Å². The zero-order valence-electron chi connectivity index (χ0n) is 10.0. The van der Waals surface area contributed by atoms with Crippen LogP contribution in [0, 0.1) is 0 Å². The summed E-state index contributed by atoms with van der Waals surface area (Å²) in [6.07, 6.45) is 1.23. The van der Waals surface area contributed by atoms with Crippen LogP contribution in [0.3, 0.4) is 0 Å². The molecular formula is C13H18N2O2. The van der Waals surface area contributed by atoms with Crippen LogP contribution in [-0.4, -0.2) is 30.7 Å². The topological polar surface area (TPSA) is 52.6 Å². The number of likely N-dealkylation sites (N-methyl/N-ethyl adjacent to an activating group) is 1. The molecule has 0 aliphatic rings. The van der Waals surface area contributed by atoms with Crippen molar-refractivity contribution in [2.45, 2.75) is 6.92 Å². The van der Waals surface area contributed by atoms with Crippen molar-refractivity contribution in [3.05, 3.63) is 36.9 Å². The van der Waals surface area contributed by atoms with E-state index < -0.39 is 0 Å². The first-order valence-corrected chi connectivity index (χ1v) is 5.60. The first kappa shape index (κ1) is 13.3. The Bertz CT molecular complexity index is 374. The van der Waals surface area contributed by atoms with Crippen LogP contribution < -0.4 is 10.2 Å². The van der Waals surface area contributed by atoms with Gasteiger partial charge >= 0.3 is 0 Å². The number of nitrogens with one attached hydrogen (secondary N) is 1. The number of anilines is 2. The zero-order valence-corrected chi connectivity index (χ0v) is 10.0. The Morgan fingerprint density at radius 1 is 1.47 bits per heavy atom. The number of benzene rings is 1. The largest absolute Gasteiger partial charge is 0.395 e. The van der Waals surface area contributed by atoms with Gasteiger partial charge in [-0.05, 0) is 37.3 Å². The molecule has 0 unspecified atom stereocenters. The van der Waals surface area contributed by atoms with E-state index in [4.69, 9.17) is 5.11 Å². The van der Waals surface area contributed by atoms with Crippen LogP contribution in [0.2, 0.25) is 0 Å². The summed E-state index contributed by atoms with van der Waals surface area (Å²) in [7, 11) is 0. The lowest BCUT2D eigenvalue weighted by Gasteiger charge is -2.22. The molecule has 0 saturated carbocycles. The molecule has 0 aliphatic heterocycles. The lowest BCUT2D eigenvalue weighted by Crippen LogP contribution is -2.26. The maximum atomic E-state index is 11.1. The minimum absolute atomic E-state index is 0.128. The molecule has 0 radical (unpaired) electrons. The van der Waals surface area contributed by atoms with Gasteiger partial charge in [0.25, 0.3) is 0 Å². The fourth-order valence-electron chi connectivity index (χ4n) is 1.54. The molecule has 0 heterocycles. The molecule has 0 atom stereocenters. The first-order chi connectivity index (χ1) is 8.21. The highest BCUT2D eigenvalue weighted by Gasteiger charge is 2.03. The summed E-state index contributed by atoms with van der Waals surface area (Å²) < 4.78 is 0. The van der Waals surface area contributed by atoms with E-state index in [1.807, 2.05) is 31.2 Å². The number of carbonyl (C=O) groups is 1. The van der Waals surface area contributed by atoms with E-state index >= 15 is 0 Å². The molecule has 0 fully saturated rings. The van der Waals surface area contributed by atoms with E-state index in [0.717, 1.165) is 17.9 Å². The second-order valence-electron chi connectivity index (χ2n) is 3.54. The summed E-state index contributed by atoms with van der Waals surface area (Å²) in [6.45, 7) is 6.99. The van der Waals surface area contributed by atoms with Crippen LogP contribution in [-0.2, 0) is 4.79 Å². The van der Waals surface area contributed by atoms with Crippen LogP contribution in [0.1, 0.15) is 6.92 Å². The quantitative estimate of drug-likeness (QED) is 0.736.